The third-order valence-electron chi connectivity index (χ3n) is 3.56. The van der Waals surface area contributed by atoms with Gasteiger partial charge < -0.3 is 14.8 Å². The summed E-state index contributed by atoms with van der Waals surface area (Å²) >= 11 is 0. The number of ether oxygens (including phenoxy) is 2. The summed E-state index contributed by atoms with van der Waals surface area (Å²) in [6, 6.07) is 11.2. The number of rotatable bonds is 9. The lowest BCUT2D eigenvalue weighted by molar-refractivity contribution is -0.147. The molecule has 150 valence electrons. The standard InChI is InChI=1S/C18H19FN2O6S/c1-26-16-5-3-2-4-13(16)10-20-17(22)12-27-18(23)11-21-28(24,25)15-8-6-14(19)7-9-15/h2-9,21H,10-12H2,1H3,(H,20,22). The highest BCUT2D eigenvalue weighted by Gasteiger charge is 2.16. The largest absolute Gasteiger partial charge is 0.496 e. The van der Waals surface area contributed by atoms with Gasteiger partial charge in [-0.2, -0.15) is 4.72 Å². The number of carbonyl (C=O) groups excluding carboxylic acids is 2. The maximum absolute atomic E-state index is 12.8. The monoisotopic (exact) mass is 410 g/mol. The zero-order valence-corrected chi connectivity index (χ0v) is 15.8. The number of halogens is 1. The molecule has 0 atom stereocenters. The van der Waals surface area contributed by atoms with E-state index in [1.807, 2.05) is 4.72 Å². The number of methoxy groups -OCH3 is 1. The first-order chi connectivity index (χ1) is 13.3. The number of esters is 1. The number of nitrogens with one attached hydrogen (secondary N) is 2. The first-order valence-corrected chi connectivity index (χ1v) is 9.59. The normalized spacial score (nSPS) is 10.9. The molecule has 0 unspecified atom stereocenters. The predicted octanol–water partition coefficient (Wildman–Crippen LogP) is 0.972. The average Bonchev–Trinajstić information content (AvgIpc) is 2.69. The van der Waals surface area contributed by atoms with Crippen LogP contribution in [-0.2, 0) is 30.9 Å². The van der Waals surface area contributed by atoms with Crippen molar-refractivity contribution in [3.05, 3.63) is 59.9 Å². The van der Waals surface area contributed by atoms with Crippen LogP contribution < -0.4 is 14.8 Å². The van der Waals surface area contributed by atoms with E-state index in [0.29, 0.717) is 5.75 Å². The highest BCUT2D eigenvalue weighted by atomic mass is 32.2. The van der Waals surface area contributed by atoms with Gasteiger partial charge in [-0.15, -0.1) is 0 Å². The fourth-order valence-corrected chi connectivity index (χ4v) is 3.11. The van der Waals surface area contributed by atoms with Crippen LogP contribution in [0.5, 0.6) is 5.75 Å². The smallest absolute Gasteiger partial charge is 0.321 e. The van der Waals surface area contributed by atoms with Crippen molar-refractivity contribution < 1.29 is 31.9 Å². The van der Waals surface area contributed by atoms with Crippen LogP contribution in [0.15, 0.2) is 53.4 Å². The van der Waals surface area contributed by atoms with Gasteiger partial charge in [0.15, 0.2) is 6.61 Å². The molecule has 0 spiro atoms. The lowest BCUT2D eigenvalue weighted by atomic mass is 10.2. The molecule has 8 nitrogen and oxygen atoms in total. The molecule has 2 aromatic rings. The molecule has 0 fully saturated rings. The van der Waals surface area contributed by atoms with Crippen molar-refractivity contribution in [3.8, 4) is 5.75 Å². The Morgan fingerprint density at radius 2 is 1.75 bits per heavy atom. The van der Waals surface area contributed by atoms with E-state index in [1.54, 1.807) is 24.3 Å². The molecular weight excluding hydrogens is 391 g/mol. The number of carbonyl (C=O) groups is 2. The second-order valence-corrected chi connectivity index (χ2v) is 7.29. The van der Waals surface area contributed by atoms with E-state index in [0.717, 1.165) is 29.8 Å². The number of benzene rings is 2. The van der Waals surface area contributed by atoms with Crippen molar-refractivity contribution in [2.24, 2.45) is 0 Å². The molecular formula is C18H19FN2O6S. The van der Waals surface area contributed by atoms with Gasteiger partial charge in [0, 0.05) is 12.1 Å². The van der Waals surface area contributed by atoms with Gasteiger partial charge in [-0.1, -0.05) is 18.2 Å². The summed E-state index contributed by atoms with van der Waals surface area (Å²) in [6.07, 6.45) is 0. The molecule has 0 radical (unpaired) electrons. The van der Waals surface area contributed by atoms with Crippen LogP contribution in [0.4, 0.5) is 4.39 Å². The fraction of sp³-hybridized carbons (Fsp3) is 0.222. The van der Waals surface area contributed by atoms with Gasteiger partial charge in [0.25, 0.3) is 5.91 Å². The SMILES string of the molecule is COc1ccccc1CNC(=O)COC(=O)CNS(=O)(=O)c1ccc(F)cc1. The fourth-order valence-electron chi connectivity index (χ4n) is 2.14. The molecule has 2 N–H and O–H groups in total. The van der Waals surface area contributed by atoms with Crippen LogP contribution in [0.3, 0.4) is 0 Å². The number of sulfonamides is 1. The maximum Gasteiger partial charge on any atom is 0.321 e. The second kappa shape index (κ2) is 9.81. The van der Waals surface area contributed by atoms with Crippen molar-refractivity contribution in [2.45, 2.75) is 11.4 Å². The summed E-state index contributed by atoms with van der Waals surface area (Å²) in [4.78, 5) is 23.2. The molecule has 0 saturated heterocycles. The van der Waals surface area contributed by atoms with Gasteiger partial charge in [0.2, 0.25) is 10.0 Å². The van der Waals surface area contributed by atoms with E-state index >= 15 is 0 Å². The molecule has 0 saturated carbocycles. The minimum Gasteiger partial charge on any atom is -0.496 e. The summed E-state index contributed by atoms with van der Waals surface area (Å²) in [7, 11) is -2.49. The van der Waals surface area contributed by atoms with Crippen LogP contribution in [0.1, 0.15) is 5.56 Å². The van der Waals surface area contributed by atoms with Gasteiger partial charge in [0.1, 0.15) is 18.1 Å². The zero-order valence-electron chi connectivity index (χ0n) is 15.0. The van der Waals surface area contributed by atoms with E-state index in [2.05, 4.69) is 5.32 Å². The Balaban J connectivity index is 1.75. The van der Waals surface area contributed by atoms with Crippen molar-refractivity contribution in [1.29, 1.82) is 0 Å². The molecule has 10 heteroatoms. The van der Waals surface area contributed by atoms with Crippen LogP contribution in [-0.4, -0.2) is 40.6 Å². The number of para-hydroxylation sites is 1. The molecule has 0 aliphatic heterocycles. The molecule has 28 heavy (non-hydrogen) atoms. The third-order valence-corrected chi connectivity index (χ3v) is 4.98. The van der Waals surface area contributed by atoms with Gasteiger partial charge >= 0.3 is 5.97 Å². The molecule has 0 bridgehead atoms. The van der Waals surface area contributed by atoms with Crippen LogP contribution in [0.2, 0.25) is 0 Å². The number of hydrogen-bond acceptors (Lipinski definition) is 6. The lowest BCUT2D eigenvalue weighted by Crippen LogP contribution is -2.33. The Morgan fingerprint density at radius 3 is 2.43 bits per heavy atom. The predicted molar refractivity (Wildman–Crippen MR) is 97.4 cm³/mol. The van der Waals surface area contributed by atoms with E-state index in [9.17, 15) is 22.4 Å². The average molecular weight is 410 g/mol. The molecule has 2 aromatic carbocycles. The summed E-state index contributed by atoms with van der Waals surface area (Å²) in [5.41, 5.74) is 0.747. The van der Waals surface area contributed by atoms with Gasteiger partial charge in [-0.05, 0) is 30.3 Å². The second-order valence-electron chi connectivity index (χ2n) is 5.53. The summed E-state index contributed by atoms with van der Waals surface area (Å²) in [5.74, 6) is -1.47. The molecule has 0 aliphatic rings. The molecule has 2 rings (SSSR count). The minimum absolute atomic E-state index is 0.178. The minimum atomic E-state index is -4.00. The third kappa shape index (κ3) is 6.32. The van der Waals surface area contributed by atoms with Gasteiger partial charge in [-0.25, -0.2) is 12.8 Å². The Labute approximate surface area is 161 Å². The van der Waals surface area contributed by atoms with E-state index < -0.39 is 40.9 Å². The van der Waals surface area contributed by atoms with Crippen LogP contribution in [0.25, 0.3) is 0 Å². The first kappa shape index (κ1) is 21.3. The van der Waals surface area contributed by atoms with Crippen LogP contribution in [0, 0.1) is 5.82 Å². The number of hydrogen-bond donors (Lipinski definition) is 2. The molecule has 0 aromatic heterocycles. The van der Waals surface area contributed by atoms with Crippen molar-refractivity contribution in [3.63, 3.8) is 0 Å². The first-order valence-electron chi connectivity index (χ1n) is 8.11. The number of amides is 1. The Kier molecular flexibility index (Phi) is 7.47. The van der Waals surface area contributed by atoms with Crippen molar-refractivity contribution in [2.75, 3.05) is 20.3 Å². The van der Waals surface area contributed by atoms with E-state index in [1.165, 1.54) is 7.11 Å². The topological polar surface area (TPSA) is 111 Å². The van der Waals surface area contributed by atoms with Crippen molar-refractivity contribution in [1.82, 2.24) is 10.0 Å². The van der Waals surface area contributed by atoms with E-state index in [4.69, 9.17) is 9.47 Å². The highest BCUT2D eigenvalue weighted by molar-refractivity contribution is 7.89. The summed E-state index contributed by atoms with van der Waals surface area (Å²) in [6.45, 7) is -1.05. The molecule has 1 amide bonds. The van der Waals surface area contributed by atoms with Crippen molar-refractivity contribution >= 4 is 21.9 Å². The summed E-state index contributed by atoms with van der Waals surface area (Å²) in [5, 5.41) is 2.56. The van der Waals surface area contributed by atoms with Crippen LogP contribution >= 0.6 is 0 Å². The summed E-state index contributed by atoms with van der Waals surface area (Å²) < 4.78 is 48.7. The van der Waals surface area contributed by atoms with Gasteiger partial charge in [0.05, 0.1) is 12.0 Å². The molecule has 0 heterocycles. The molecule has 0 aliphatic carbocycles. The maximum atomic E-state index is 12.8. The lowest BCUT2D eigenvalue weighted by Gasteiger charge is -2.10. The highest BCUT2D eigenvalue weighted by Crippen LogP contribution is 2.16. The Morgan fingerprint density at radius 1 is 1.07 bits per heavy atom. The Hall–Kier alpha value is -2.98. The Bertz CT molecular complexity index is 931. The van der Waals surface area contributed by atoms with E-state index in [-0.39, 0.29) is 11.4 Å². The van der Waals surface area contributed by atoms with Gasteiger partial charge in [-0.3, -0.25) is 9.59 Å². The quantitative estimate of drug-likeness (QED) is 0.596. The zero-order chi connectivity index (χ0) is 20.6.